The van der Waals surface area contributed by atoms with E-state index in [-0.39, 0.29) is 6.10 Å². The first-order chi connectivity index (χ1) is 5.72. The molecular weight excluding hydrogens is 170 g/mol. The van der Waals surface area contributed by atoms with E-state index in [0.717, 1.165) is 10.6 Å². The van der Waals surface area contributed by atoms with E-state index in [9.17, 15) is 0 Å². The van der Waals surface area contributed by atoms with Crippen LogP contribution in [0.2, 0.25) is 0 Å². The van der Waals surface area contributed by atoms with Gasteiger partial charge < -0.3 is 4.74 Å². The average molecular weight is 183 g/mol. The number of aromatic nitrogens is 1. The molecule has 66 valence electrons. The molecule has 0 unspecified atom stereocenters. The minimum absolute atomic E-state index is 0.212. The lowest BCUT2D eigenvalue weighted by atomic mass is 10.4. The van der Waals surface area contributed by atoms with Gasteiger partial charge in [-0.2, -0.15) is 0 Å². The zero-order valence-corrected chi connectivity index (χ0v) is 8.39. The lowest BCUT2D eigenvalue weighted by Gasteiger charge is -2.09. The van der Waals surface area contributed by atoms with Crippen molar-refractivity contribution in [2.75, 3.05) is 6.26 Å². The van der Waals surface area contributed by atoms with E-state index in [0.29, 0.717) is 0 Å². The molecule has 1 rings (SSSR count). The highest BCUT2D eigenvalue weighted by Crippen LogP contribution is 2.19. The van der Waals surface area contributed by atoms with Crippen LogP contribution in [-0.2, 0) is 0 Å². The fourth-order valence-electron chi connectivity index (χ4n) is 0.847. The van der Waals surface area contributed by atoms with Crippen molar-refractivity contribution >= 4 is 11.8 Å². The summed E-state index contributed by atoms with van der Waals surface area (Å²) in [5.74, 6) is 0.844. The van der Waals surface area contributed by atoms with Gasteiger partial charge in [0, 0.05) is 11.1 Å². The summed E-state index contributed by atoms with van der Waals surface area (Å²) in [6, 6.07) is 2.00. The smallest absolute Gasteiger partial charge is 0.139 e. The molecule has 2 nitrogen and oxygen atoms in total. The van der Waals surface area contributed by atoms with E-state index < -0.39 is 0 Å². The van der Waals surface area contributed by atoms with E-state index >= 15 is 0 Å². The van der Waals surface area contributed by atoms with Gasteiger partial charge in [-0.1, -0.05) is 0 Å². The van der Waals surface area contributed by atoms with Gasteiger partial charge >= 0.3 is 0 Å². The number of hydrogen-bond donors (Lipinski definition) is 0. The molecule has 0 atom stereocenters. The van der Waals surface area contributed by atoms with Crippen LogP contribution in [0.3, 0.4) is 0 Å². The quantitative estimate of drug-likeness (QED) is 0.672. The fourth-order valence-corrected chi connectivity index (χ4v) is 1.25. The first kappa shape index (κ1) is 9.39. The van der Waals surface area contributed by atoms with Crippen molar-refractivity contribution in [2.45, 2.75) is 24.8 Å². The third-order valence-corrected chi connectivity index (χ3v) is 1.99. The molecule has 0 aromatic carbocycles. The Morgan fingerprint density at radius 2 is 2.17 bits per heavy atom. The van der Waals surface area contributed by atoms with Crippen LogP contribution in [0.25, 0.3) is 0 Å². The van der Waals surface area contributed by atoms with Crippen LogP contribution < -0.4 is 4.74 Å². The predicted molar refractivity (Wildman–Crippen MR) is 51.8 cm³/mol. The Hall–Kier alpha value is -0.700. The summed E-state index contributed by atoms with van der Waals surface area (Å²) in [7, 11) is 0. The van der Waals surface area contributed by atoms with Crippen molar-refractivity contribution in [1.82, 2.24) is 4.98 Å². The molecular formula is C9H13NOS. The van der Waals surface area contributed by atoms with Crippen molar-refractivity contribution in [3.05, 3.63) is 18.5 Å². The molecule has 0 fully saturated rings. The van der Waals surface area contributed by atoms with Crippen molar-refractivity contribution in [2.24, 2.45) is 0 Å². The van der Waals surface area contributed by atoms with Crippen LogP contribution in [0, 0.1) is 0 Å². The largest absolute Gasteiger partial charge is 0.489 e. The highest BCUT2D eigenvalue weighted by molar-refractivity contribution is 7.98. The zero-order chi connectivity index (χ0) is 8.97. The van der Waals surface area contributed by atoms with Gasteiger partial charge in [0.1, 0.15) is 5.75 Å². The maximum atomic E-state index is 5.48. The Kier molecular flexibility index (Phi) is 3.41. The molecule has 0 saturated heterocycles. The topological polar surface area (TPSA) is 22.1 Å². The maximum absolute atomic E-state index is 5.48. The van der Waals surface area contributed by atoms with Crippen molar-refractivity contribution in [3.8, 4) is 5.75 Å². The second kappa shape index (κ2) is 4.36. The number of nitrogens with zero attached hydrogens (tertiary/aromatic N) is 1. The Labute approximate surface area is 77.3 Å². The molecule has 0 aliphatic heterocycles. The molecule has 3 heteroatoms. The third-order valence-electron chi connectivity index (χ3n) is 1.30. The molecule has 0 N–H and O–H groups in total. The second-order valence-corrected chi connectivity index (χ2v) is 3.61. The van der Waals surface area contributed by atoms with Gasteiger partial charge in [-0.25, -0.2) is 0 Å². The highest BCUT2D eigenvalue weighted by Gasteiger charge is 1.98. The van der Waals surface area contributed by atoms with Gasteiger partial charge in [-0.05, 0) is 26.2 Å². The van der Waals surface area contributed by atoms with Crippen molar-refractivity contribution in [3.63, 3.8) is 0 Å². The summed E-state index contributed by atoms with van der Waals surface area (Å²) in [4.78, 5) is 5.20. The van der Waals surface area contributed by atoms with E-state index in [4.69, 9.17) is 4.74 Å². The minimum atomic E-state index is 0.212. The molecule has 1 aromatic rings. The van der Waals surface area contributed by atoms with E-state index in [1.54, 1.807) is 18.0 Å². The van der Waals surface area contributed by atoms with Crippen LogP contribution >= 0.6 is 11.8 Å². The van der Waals surface area contributed by atoms with Crippen molar-refractivity contribution in [1.29, 1.82) is 0 Å². The molecule has 0 spiro atoms. The number of pyridine rings is 1. The molecule has 0 saturated carbocycles. The summed E-state index contributed by atoms with van der Waals surface area (Å²) in [6.07, 6.45) is 5.80. The summed E-state index contributed by atoms with van der Waals surface area (Å²) in [5.41, 5.74) is 0. The number of ether oxygens (including phenoxy) is 1. The normalized spacial score (nSPS) is 10.3. The van der Waals surface area contributed by atoms with Crippen LogP contribution in [0.1, 0.15) is 13.8 Å². The summed E-state index contributed by atoms with van der Waals surface area (Å²) >= 11 is 1.67. The van der Waals surface area contributed by atoms with Crippen LogP contribution in [0.15, 0.2) is 23.4 Å². The van der Waals surface area contributed by atoms with Crippen LogP contribution in [-0.4, -0.2) is 17.3 Å². The van der Waals surface area contributed by atoms with Gasteiger partial charge in [-0.3, -0.25) is 4.98 Å². The first-order valence-electron chi connectivity index (χ1n) is 3.88. The fraction of sp³-hybridized carbons (Fsp3) is 0.444. The van der Waals surface area contributed by atoms with Gasteiger partial charge in [0.2, 0.25) is 0 Å². The molecule has 12 heavy (non-hydrogen) atoms. The summed E-state index contributed by atoms with van der Waals surface area (Å²) in [6.45, 7) is 4.01. The molecule has 1 heterocycles. The SMILES string of the molecule is CSc1cncc(OC(C)C)c1. The minimum Gasteiger partial charge on any atom is -0.489 e. The van der Waals surface area contributed by atoms with E-state index in [2.05, 4.69) is 4.98 Å². The molecule has 0 amide bonds. The average Bonchev–Trinajstić information content (AvgIpc) is 2.03. The Bertz CT molecular complexity index is 250. The molecule has 1 aromatic heterocycles. The van der Waals surface area contributed by atoms with Gasteiger partial charge in [-0.15, -0.1) is 11.8 Å². The van der Waals surface area contributed by atoms with E-state index in [1.165, 1.54) is 0 Å². The lowest BCUT2D eigenvalue weighted by Crippen LogP contribution is -2.05. The molecule has 0 aliphatic rings. The van der Waals surface area contributed by atoms with Gasteiger partial charge in [0.15, 0.2) is 0 Å². The Morgan fingerprint density at radius 3 is 2.75 bits per heavy atom. The molecule has 0 bridgehead atoms. The summed E-state index contributed by atoms with van der Waals surface area (Å²) < 4.78 is 5.48. The Morgan fingerprint density at radius 1 is 1.42 bits per heavy atom. The second-order valence-electron chi connectivity index (χ2n) is 2.73. The third kappa shape index (κ3) is 2.74. The number of thioether (sulfide) groups is 1. The van der Waals surface area contributed by atoms with E-state index in [1.807, 2.05) is 32.4 Å². The first-order valence-corrected chi connectivity index (χ1v) is 5.10. The Balaban J connectivity index is 2.72. The number of rotatable bonds is 3. The number of hydrogen-bond acceptors (Lipinski definition) is 3. The predicted octanol–water partition coefficient (Wildman–Crippen LogP) is 2.59. The maximum Gasteiger partial charge on any atom is 0.139 e. The molecule has 0 aliphatic carbocycles. The zero-order valence-electron chi connectivity index (χ0n) is 7.57. The standard InChI is InChI=1S/C9H13NOS/c1-7(2)11-8-4-9(12-3)6-10-5-8/h4-7H,1-3H3. The monoisotopic (exact) mass is 183 g/mol. The van der Waals surface area contributed by atoms with Gasteiger partial charge in [0.05, 0.1) is 12.3 Å². The van der Waals surface area contributed by atoms with Crippen molar-refractivity contribution < 1.29 is 4.74 Å². The highest BCUT2D eigenvalue weighted by atomic mass is 32.2. The molecule has 0 radical (unpaired) electrons. The van der Waals surface area contributed by atoms with Crippen LogP contribution in [0.4, 0.5) is 0 Å². The lowest BCUT2D eigenvalue weighted by molar-refractivity contribution is 0.241. The van der Waals surface area contributed by atoms with Gasteiger partial charge in [0.25, 0.3) is 0 Å². The van der Waals surface area contributed by atoms with Crippen LogP contribution in [0.5, 0.6) is 5.75 Å². The summed E-state index contributed by atoms with van der Waals surface area (Å²) in [5, 5.41) is 0.